The molecule has 0 aromatic heterocycles. The van der Waals surface area contributed by atoms with Crippen LogP contribution in [-0.2, 0) is 6.42 Å². The molecule has 0 saturated carbocycles. The van der Waals surface area contributed by atoms with Crippen molar-refractivity contribution in [2.45, 2.75) is 12.5 Å². The molecular formula is C17H21BrN2. The topological polar surface area (TPSA) is 15.3 Å². The Morgan fingerprint density at radius 1 is 1.10 bits per heavy atom. The average molecular weight is 333 g/mol. The number of nitrogens with zero attached hydrogens (tertiary/aromatic N) is 1. The van der Waals surface area contributed by atoms with Crippen molar-refractivity contribution in [3.63, 3.8) is 0 Å². The molecule has 0 bridgehead atoms. The second kappa shape index (κ2) is 6.91. The Bertz CT molecular complexity index is 566. The molecule has 0 aliphatic carbocycles. The van der Waals surface area contributed by atoms with Gasteiger partial charge in [-0.1, -0.05) is 40.2 Å². The van der Waals surface area contributed by atoms with E-state index in [1.165, 1.54) is 16.8 Å². The highest BCUT2D eigenvalue weighted by Crippen LogP contribution is 2.23. The first kappa shape index (κ1) is 15.1. The number of hydrogen-bond acceptors (Lipinski definition) is 2. The summed E-state index contributed by atoms with van der Waals surface area (Å²) < 4.78 is 1.13. The number of likely N-dealkylation sites (N-methyl/N-ethyl adjacent to an activating group) is 1. The number of hydrogen-bond donors (Lipinski definition) is 1. The smallest absolute Gasteiger partial charge is 0.0364 e. The van der Waals surface area contributed by atoms with E-state index in [0.717, 1.165) is 10.9 Å². The van der Waals surface area contributed by atoms with Crippen molar-refractivity contribution in [1.29, 1.82) is 0 Å². The van der Waals surface area contributed by atoms with E-state index in [1.54, 1.807) is 0 Å². The van der Waals surface area contributed by atoms with Crippen LogP contribution >= 0.6 is 15.9 Å². The number of halogens is 1. The molecule has 1 unspecified atom stereocenters. The quantitative estimate of drug-likeness (QED) is 0.889. The normalized spacial score (nSPS) is 12.2. The minimum atomic E-state index is 0.323. The van der Waals surface area contributed by atoms with E-state index in [2.05, 4.69) is 88.8 Å². The standard InChI is InChI=1S/C17H21BrN2/c1-19-17(11-13-6-4-8-15(18)10-13)14-7-5-9-16(12-14)20(2)3/h4-10,12,17,19H,11H2,1-3H3. The van der Waals surface area contributed by atoms with Crippen molar-refractivity contribution >= 4 is 21.6 Å². The predicted octanol–water partition coefficient (Wildman–Crippen LogP) is 4.02. The van der Waals surface area contributed by atoms with E-state index >= 15 is 0 Å². The van der Waals surface area contributed by atoms with Gasteiger partial charge in [-0.15, -0.1) is 0 Å². The molecule has 0 aliphatic heterocycles. The largest absolute Gasteiger partial charge is 0.378 e. The highest BCUT2D eigenvalue weighted by atomic mass is 79.9. The van der Waals surface area contributed by atoms with Crippen LogP contribution in [0.4, 0.5) is 5.69 Å². The fourth-order valence-corrected chi connectivity index (χ4v) is 2.75. The molecule has 2 aromatic rings. The van der Waals surface area contributed by atoms with Gasteiger partial charge in [-0.2, -0.15) is 0 Å². The fourth-order valence-electron chi connectivity index (χ4n) is 2.31. The Balaban J connectivity index is 2.22. The summed E-state index contributed by atoms with van der Waals surface area (Å²) in [6, 6.07) is 17.5. The van der Waals surface area contributed by atoms with Crippen LogP contribution in [0.3, 0.4) is 0 Å². The zero-order chi connectivity index (χ0) is 14.5. The summed E-state index contributed by atoms with van der Waals surface area (Å²) in [5.41, 5.74) is 3.88. The Hall–Kier alpha value is -1.32. The highest BCUT2D eigenvalue weighted by Gasteiger charge is 2.11. The van der Waals surface area contributed by atoms with Gasteiger partial charge in [0, 0.05) is 30.3 Å². The van der Waals surface area contributed by atoms with Crippen LogP contribution in [0, 0.1) is 0 Å². The monoisotopic (exact) mass is 332 g/mol. The van der Waals surface area contributed by atoms with Gasteiger partial charge in [0.1, 0.15) is 0 Å². The first-order chi connectivity index (χ1) is 9.60. The number of rotatable bonds is 5. The molecule has 2 rings (SSSR count). The summed E-state index contributed by atoms with van der Waals surface area (Å²) in [7, 11) is 6.16. The average Bonchev–Trinajstić information content (AvgIpc) is 2.45. The summed E-state index contributed by atoms with van der Waals surface area (Å²) >= 11 is 3.53. The van der Waals surface area contributed by atoms with Crippen LogP contribution in [0.25, 0.3) is 0 Å². The van der Waals surface area contributed by atoms with Gasteiger partial charge in [0.15, 0.2) is 0 Å². The Morgan fingerprint density at radius 3 is 2.50 bits per heavy atom. The Morgan fingerprint density at radius 2 is 1.85 bits per heavy atom. The van der Waals surface area contributed by atoms with Gasteiger partial charge in [-0.05, 0) is 48.9 Å². The second-order valence-electron chi connectivity index (χ2n) is 5.16. The molecule has 0 heterocycles. The van der Waals surface area contributed by atoms with Gasteiger partial charge in [0.25, 0.3) is 0 Å². The highest BCUT2D eigenvalue weighted by molar-refractivity contribution is 9.10. The van der Waals surface area contributed by atoms with Crippen LogP contribution in [0.1, 0.15) is 17.2 Å². The van der Waals surface area contributed by atoms with Gasteiger partial charge in [0.2, 0.25) is 0 Å². The lowest BCUT2D eigenvalue weighted by Crippen LogP contribution is -2.19. The maximum atomic E-state index is 3.53. The molecule has 1 atom stereocenters. The number of anilines is 1. The zero-order valence-electron chi connectivity index (χ0n) is 12.2. The van der Waals surface area contributed by atoms with E-state index in [4.69, 9.17) is 0 Å². The second-order valence-corrected chi connectivity index (χ2v) is 6.08. The van der Waals surface area contributed by atoms with Gasteiger partial charge in [-0.25, -0.2) is 0 Å². The minimum Gasteiger partial charge on any atom is -0.378 e. The maximum absolute atomic E-state index is 3.53. The first-order valence-corrected chi connectivity index (χ1v) is 7.58. The Kier molecular flexibility index (Phi) is 5.21. The van der Waals surface area contributed by atoms with Crippen molar-refractivity contribution in [3.05, 3.63) is 64.1 Å². The lowest BCUT2D eigenvalue weighted by Gasteiger charge is -2.20. The fraction of sp³-hybridized carbons (Fsp3) is 0.294. The Labute approximate surface area is 129 Å². The van der Waals surface area contributed by atoms with Crippen LogP contribution in [0.15, 0.2) is 53.0 Å². The lowest BCUT2D eigenvalue weighted by atomic mass is 9.98. The summed E-state index contributed by atoms with van der Waals surface area (Å²) in [5, 5.41) is 3.42. The summed E-state index contributed by atoms with van der Waals surface area (Å²) in [6.45, 7) is 0. The van der Waals surface area contributed by atoms with Crippen LogP contribution in [-0.4, -0.2) is 21.1 Å². The van der Waals surface area contributed by atoms with Crippen molar-refractivity contribution < 1.29 is 0 Å². The molecule has 1 N–H and O–H groups in total. The minimum absolute atomic E-state index is 0.323. The molecule has 0 saturated heterocycles. The summed E-state index contributed by atoms with van der Waals surface area (Å²) in [5.74, 6) is 0. The van der Waals surface area contributed by atoms with Crippen molar-refractivity contribution in [1.82, 2.24) is 5.32 Å². The molecule has 0 amide bonds. The van der Waals surface area contributed by atoms with Gasteiger partial charge >= 0.3 is 0 Å². The van der Waals surface area contributed by atoms with E-state index in [-0.39, 0.29) is 0 Å². The zero-order valence-corrected chi connectivity index (χ0v) is 13.8. The molecule has 0 spiro atoms. The first-order valence-electron chi connectivity index (χ1n) is 6.79. The molecule has 106 valence electrons. The third kappa shape index (κ3) is 3.84. The molecule has 0 radical (unpaired) electrons. The molecular weight excluding hydrogens is 312 g/mol. The number of benzene rings is 2. The van der Waals surface area contributed by atoms with Crippen molar-refractivity contribution in [3.8, 4) is 0 Å². The summed E-state index contributed by atoms with van der Waals surface area (Å²) in [4.78, 5) is 2.13. The predicted molar refractivity (Wildman–Crippen MR) is 90.4 cm³/mol. The van der Waals surface area contributed by atoms with Crippen LogP contribution in [0.5, 0.6) is 0 Å². The summed E-state index contributed by atoms with van der Waals surface area (Å²) in [6.07, 6.45) is 0.979. The molecule has 2 nitrogen and oxygen atoms in total. The third-order valence-electron chi connectivity index (χ3n) is 3.47. The van der Waals surface area contributed by atoms with Crippen molar-refractivity contribution in [2.24, 2.45) is 0 Å². The maximum Gasteiger partial charge on any atom is 0.0364 e. The van der Waals surface area contributed by atoms with Gasteiger partial charge in [-0.3, -0.25) is 0 Å². The molecule has 20 heavy (non-hydrogen) atoms. The molecule has 0 aliphatic rings. The van der Waals surface area contributed by atoms with Gasteiger partial charge in [0.05, 0.1) is 0 Å². The van der Waals surface area contributed by atoms with E-state index in [1.807, 2.05) is 7.05 Å². The van der Waals surface area contributed by atoms with Crippen LogP contribution in [0.2, 0.25) is 0 Å². The van der Waals surface area contributed by atoms with Crippen LogP contribution < -0.4 is 10.2 Å². The van der Waals surface area contributed by atoms with E-state index in [9.17, 15) is 0 Å². The van der Waals surface area contributed by atoms with Gasteiger partial charge < -0.3 is 10.2 Å². The third-order valence-corrected chi connectivity index (χ3v) is 3.96. The number of nitrogens with one attached hydrogen (secondary N) is 1. The SMILES string of the molecule is CNC(Cc1cccc(Br)c1)c1cccc(N(C)C)c1. The van der Waals surface area contributed by atoms with E-state index in [0.29, 0.717) is 6.04 Å². The molecule has 3 heteroatoms. The lowest BCUT2D eigenvalue weighted by molar-refractivity contribution is 0.592. The van der Waals surface area contributed by atoms with E-state index < -0.39 is 0 Å². The molecule has 2 aromatic carbocycles. The van der Waals surface area contributed by atoms with Crippen molar-refractivity contribution in [2.75, 3.05) is 26.0 Å². The molecule has 0 fully saturated rings.